The predicted molar refractivity (Wildman–Crippen MR) is 89.4 cm³/mol. The second-order valence-corrected chi connectivity index (χ2v) is 8.68. The van der Waals surface area contributed by atoms with E-state index in [1.807, 2.05) is 23.9 Å². The lowest BCUT2D eigenvalue weighted by atomic mass is 10.1. The average molecular weight is 329 g/mol. The highest BCUT2D eigenvalue weighted by molar-refractivity contribution is 7.99. The van der Waals surface area contributed by atoms with Crippen molar-refractivity contribution in [3.05, 3.63) is 29.8 Å². The van der Waals surface area contributed by atoms with E-state index in [1.54, 1.807) is 16.4 Å². The fraction of sp³-hybridized carbons (Fsp3) is 0.600. The molecule has 0 aromatic heterocycles. The fourth-order valence-corrected chi connectivity index (χ4v) is 4.84. The first-order valence-electron chi connectivity index (χ1n) is 7.40. The van der Waals surface area contributed by atoms with E-state index in [0.717, 1.165) is 30.0 Å². The van der Waals surface area contributed by atoms with Gasteiger partial charge in [-0.3, -0.25) is 0 Å². The largest absolute Gasteiger partial charge is 0.314 e. The van der Waals surface area contributed by atoms with Crippen molar-refractivity contribution >= 4 is 21.8 Å². The summed E-state index contributed by atoms with van der Waals surface area (Å²) >= 11 is 1.81. The SMILES string of the molecule is CC(C)NCCc1ccc(S(=O)(=O)N2CCSCC2)cc1. The molecular weight excluding hydrogens is 304 g/mol. The van der Waals surface area contributed by atoms with Crippen molar-refractivity contribution in [2.45, 2.75) is 31.2 Å². The third-order valence-electron chi connectivity index (χ3n) is 3.50. The number of nitrogens with zero attached hydrogens (tertiary/aromatic N) is 1. The number of benzene rings is 1. The Labute approximate surface area is 132 Å². The molecule has 1 saturated heterocycles. The maximum absolute atomic E-state index is 12.5. The van der Waals surface area contributed by atoms with Crippen LogP contribution in [0.25, 0.3) is 0 Å². The van der Waals surface area contributed by atoms with Crippen molar-refractivity contribution < 1.29 is 8.42 Å². The Hall–Kier alpha value is -0.560. The molecule has 1 N–H and O–H groups in total. The highest BCUT2D eigenvalue weighted by Gasteiger charge is 2.25. The van der Waals surface area contributed by atoms with Crippen LogP contribution >= 0.6 is 11.8 Å². The average Bonchev–Trinajstić information content (AvgIpc) is 2.48. The molecule has 1 aromatic rings. The van der Waals surface area contributed by atoms with Gasteiger partial charge in [0.05, 0.1) is 4.90 Å². The molecule has 0 spiro atoms. The molecule has 0 atom stereocenters. The molecule has 0 bridgehead atoms. The summed E-state index contributed by atoms with van der Waals surface area (Å²) in [6.45, 7) is 6.38. The molecule has 1 aliphatic rings. The maximum atomic E-state index is 12.5. The Morgan fingerprint density at radius 2 is 1.81 bits per heavy atom. The number of nitrogens with one attached hydrogen (secondary N) is 1. The number of sulfonamides is 1. The van der Waals surface area contributed by atoms with E-state index in [9.17, 15) is 8.42 Å². The zero-order valence-corrected chi connectivity index (χ0v) is 14.3. The van der Waals surface area contributed by atoms with Gasteiger partial charge in [-0.1, -0.05) is 26.0 Å². The lowest BCUT2D eigenvalue weighted by molar-refractivity contribution is 0.443. The molecule has 6 heteroatoms. The quantitative estimate of drug-likeness (QED) is 0.867. The van der Waals surface area contributed by atoms with Crippen LogP contribution in [-0.4, -0.2) is 49.9 Å². The molecule has 4 nitrogen and oxygen atoms in total. The molecule has 1 aliphatic heterocycles. The Kier molecular flexibility index (Phi) is 6.10. The maximum Gasteiger partial charge on any atom is 0.243 e. The Morgan fingerprint density at radius 3 is 2.38 bits per heavy atom. The van der Waals surface area contributed by atoms with Crippen molar-refractivity contribution in [1.29, 1.82) is 0 Å². The van der Waals surface area contributed by atoms with Crippen molar-refractivity contribution in [3.63, 3.8) is 0 Å². The van der Waals surface area contributed by atoms with Gasteiger partial charge in [-0.2, -0.15) is 16.1 Å². The molecule has 0 saturated carbocycles. The normalized spacial score (nSPS) is 17.3. The van der Waals surface area contributed by atoms with E-state index in [-0.39, 0.29) is 0 Å². The third-order valence-corrected chi connectivity index (χ3v) is 6.35. The zero-order chi connectivity index (χ0) is 15.3. The number of thioether (sulfide) groups is 1. The molecule has 118 valence electrons. The molecule has 0 aliphatic carbocycles. The summed E-state index contributed by atoms with van der Waals surface area (Å²) in [7, 11) is -3.31. The topological polar surface area (TPSA) is 49.4 Å². The van der Waals surface area contributed by atoms with Crippen LogP contribution in [0.3, 0.4) is 0 Å². The number of rotatable bonds is 6. The fourth-order valence-electron chi connectivity index (χ4n) is 2.27. The first-order valence-corrected chi connectivity index (χ1v) is 10.00. The van der Waals surface area contributed by atoms with Crippen LogP contribution in [0.4, 0.5) is 0 Å². The van der Waals surface area contributed by atoms with E-state index >= 15 is 0 Å². The van der Waals surface area contributed by atoms with E-state index in [2.05, 4.69) is 19.2 Å². The second-order valence-electron chi connectivity index (χ2n) is 5.52. The number of hydrogen-bond donors (Lipinski definition) is 1. The van der Waals surface area contributed by atoms with Crippen LogP contribution in [-0.2, 0) is 16.4 Å². The minimum absolute atomic E-state index is 0.412. The van der Waals surface area contributed by atoms with Crippen molar-refractivity contribution in [1.82, 2.24) is 9.62 Å². The van der Waals surface area contributed by atoms with Gasteiger partial charge in [0, 0.05) is 30.6 Å². The van der Waals surface area contributed by atoms with Crippen LogP contribution in [0.15, 0.2) is 29.2 Å². The van der Waals surface area contributed by atoms with Crippen LogP contribution in [0, 0.1) is 0 Å². The smallest absolute Gasteiger partial charge is 0.243 e. The Morgan fingerprint density at radius 1 is 1.19 bits per heavy atom. The summed E-state index contributed by atoms with van der Waals surface area (Å²) in [5.74, 6) is 1.77. The van der Waals surface area contributed by atoms with Crippen molar-refractivity contribution in [2.24, 2.45) is 0 Å². The van der Waals surface area contributed by atoms with Gasteiger partial charge < -0.3 is 5.32 Å². The first-order chi connectivity index (χ1) is 10.00. The minimum Gasteiger partial charge on any atom is -0.314 e. The van der Waals surface area contributed by atoms with Crippen LogP contribution in [0.5, 0.6) is 0 Å². The van der Waals surface area contributed by atoms with Gasteiger partial charge in [0.1, 0.15) is 0 Å². The molecular formula is C15H24N2O2S2. The summed E-state index contributed by atoms with van der Waals surface area (Å²) < 4.78 is 26.6. The van der Waals surface area contributed by atoms with Gasteiger partial charge in [-0.25, -0.2) is 8.42 Å². The predicted octanol–water partition coefficient (Wildman–Crippen LogP) is 1.96. The van der Waals surface area contributed by atoms with Crippen molar-refractivity contribution in [2.75, 3.05) is 31.1 Å². The van der Waals surface area contributed by atoms with Crippen molar-refractivity contribution in [3.8, 4) is 0 Å². The Bertz CT molecular complexity index is 535. The second kappa shape index (κ2) is 7.63. The summed E-state index contributed by atoms with van der Waals surface area (Å²) in [6.07, 6.45) is 0.916. The molecule has 1 aromatic carbocycles. The van der Waals surface area contributed by atoms with Gasteiger partial charge in [-0.05, 0) is 30.7 Å². The summed E-state index contributed by atoms with van der Waals surface area (Å²) in [4.78, 5) is 0.412. The van der Waals surface area contributed by atoms with Gasteiger partial charge in [-0.15, -0.1) is 0 Å². The summed E-state index contributed by atoms with van der Waals surface area (Å²) in [6, 6.07) is 7.80. The Balaban J connectivity index is 2.00. The highest BCUT2D eigenvalue weighted by atomic mass is 32.2. The monoisotopic (exact) mass is 328 g/mol. The van der Waals surface area contributed by atoms with Gasteiger partial charge in [0.25, 0.3) is 0 Å². The molecule has 0 amide bonds. The molecule has 0 unspecified atom stereocenters. The van der Waals surface area contributed by atoms with Crippen LogP contribution < -0.4 is 5.32 Å². The molecule has 21 heavy (non-hydrogen) atoms. The minimum atomic E-state index is -3.31. The zero-order valence-electron chi connectivity index (χ0n) is 12.7. The lowest BCUT2D eigenvalue weighted by Gasteiger charge is -2.25. The van der Waals surface area contributed by atoms with Crippen LogP contribution in [0.2, 0.25) is 0 Å². The lowest BCUT2D eigenvalue weighted by Crippen LogP contribution is -2.37. The van der Waals surface area contributed by atoms with E-state index in [1.165, 1.54) is 0 Å². The van der Waals surface area contributed by atoms with Gasteiger partial charge in [0.15, 0.2) is 0 Å². The number of hydrogen-bond acceptors (Lipinski definition) is 4. The van der Waals surface area contributed by atoms with Crippen LogP contribution in [0.1, 0.15) is 19.4 Å². The summed E-state index contributed by atoms with van der Waals surface area (Å²) in [5.41, 5.74) is 1.16. The first kappa shape index (κ1) is 16.8. The molecule has 2 rings (SSSR count). The van der Waals surface area contributed by atoms with E-state index < -0.39 is 10.0 Å². The summed E-state index contributed by atoms with van der Waals surface area (Å²) in [5, 5.41) is 3.36. The molecule has 1 heterocycles. The van der Waals surface area contributed by atoms with E-state index in [4.69, 9.17) is 0 Å². The van der Waals surface area contributed by atoms with Gasteiger partial charge in [0.2, 0.25) is 10.0 Å². The third kappa shape index (κ3) is 4.71. The molecule has 1 fully saturated rings. The highest BCUT2D eigenvalue weighted by Crippen LogP contribution is 2.20. The standard InChI is InChI=1S/C15H24N2O2S2/c1-13(2)16-8-7-14-3-5-15(6-4-14)21(18,19)17-9-11-20-12-10-17/h3-6,13,16H,7-12H2,1-2H3. The molecule has 0 radical (unpaired) electrons. The van der Waals surface area contributed by atoms with E-state index in [0.29, 0.717) is 24.0 Å². The van der Waals surface area contributed by atoms with Gasteiger partial charge >= 0.3 is 0 Å².